The van der Waals surface area contributed by atoms with Crippen LogP contribution in [-0.2, 0) is 23.6 Å². The van der Waals surface area contributed by atoms with Gasteiger partial charge in [-0.15, -0.1) is 0 Å². The Labute approximate surface area is 161 Å². The quantitative estimate of drug-likeness (QED) is 0.750. The molecule has 3 heterocycles. The van der Waals surface area contributed by atoms with E-state index >= 15 is 0 Å². The van der Waals surface area contributed by atoms with E-state index in [0.717, 1.165) is 30.8 Å². The highest BCUT2D eigenvalue weighted by Crippen LogP contribution is 2.37. The fraction of sp³-hybridized carbons (Fsp3) is 0.667. The van der Waals surface area contributed by atoms with Gasteiger partial charge in [0.05, 0.1) is 23.1 Å². The van der Waals surface area contributed by atoms with Gasteiger partial charge in [-0.1, -0.05) is 0 Å². The number of rotatable bonds is 6. The lowest BCUT2D eigenvalue weighted by atomic mass is 10.1. The van der Waals surface area contributed by atoms with Crippen molar-refractivity contribution in [1.82, 2.24) is 28.8 Å². The summed E-state index contributed by atoms with van der Waals surface area (Å²) >= 11 is 0. The molecule has 1 saturated heterocycles. The summed E-state index contributed by atoms with van der Waals surface area (Å²) in [6.07, 6.45) is 3.27. The molecule has 0 unspecified atom stereocenters. The number of sulfonamides is 1. The predicted octanol–water partition coefficient (Wildman–Crippen LogP) is 2.09. The van der Waals surface area contributed by atoms with Crippen LogP contribution >= 0.6 is 0 Å². The largest absolute Gasteiger partial charge is 0.304 e. The Morgan fingerprint density at radius 3 is 2.59 bits per heavy atom. The van der Waals surface area contributed by atoms with E-state index in [1.54, 1.807) is 22.1 Å². The van der Waals surface area contributed by atoms with Crippen molar-refractivity contribution in [2.24, 2.45) is 7.05 Å². The van der Waals surface area contributed by atoms with Crippen LogP contribution in [0.25, 0.3) is 0 Å². The average molecular weight is 395 g/mol. The second-order valence-corrected chi connectivity index (χ2v) is 9.71. The molecule has 2 aromatic rings. The highest BCUT2D eigenvalue weighted by Gasteiger charge is 2.39. The first-order valence-electron chi connectivity index (χ1n) is 9.36. The van der Waals surface area contributed by atoms with E-state index < -0.39 is 10.0 Å². The van der Waals surface area contributed by atoms with Gasteiger partial charge in [0.25, 0.3) is 0 Å². The van der Waals surface area contributed by atoms with Crippen molar-refractivity contribution >= 4 is 10.0 Å². The Hall–Kier alpha value is -1.71. The average Bonchev–Trinajstić information content (AvgIpc) is 3.26. The molecule has 0 bridgehead atoms. The molecule has 9 heteroatoms. The van der Waals surface area contributed by atoms with Crippen molar-refractivity contribution in [3.63, 3.8) is 0 Å². The first-order valence-corrected chi connectivity index (χ1v) is 10.8. The van der Waals surface area contributed by atoms with Crippen molar-refractivity contribution in [1.29, 1.82) is 0 Å². The third kappa shape index (κ3) is 3.81. The number of hydrogen-bond acceptors (Lipinski definition) is 5. The lowest BCUT2D eigenvalue weighted by Gasteiger charge is -2.22. The number of hydrogen-bond donors (Lipinski definition) is 0. The van der Waals surface area contributed by atoms with Crippen molar-refractivity contribution in [2.45, 2.75) is 57.1 Å². The first kappa shape index (κ1) is 20.0. The Kier molecular flexibility index (Phi) is 5.47. The van der Waals surface area contributed by atoms with E-state index in [4.69, 9.17) is 0 Å². The molecule has 1 fully saturated rings. The maximum absolute atomic E-state index is 13.4. The Bertz CT molecular complexity index is 912. The zero-order chi connectivity index (χ0) is 19.9. The van der Waals surface area contributed by atoms with Gasteiger partial charge in [0, 0.05) is 32.4 Å². The summed E-state index contributed by atoms with van der Waals surface area (Å²) < 4.78 is 31.9. The van der Waals surface area contributed by atoms with Gasteiger partial charge in [-0.3, -0.25) is 9.36 Å². The third-order valence-electron chi connectivity index (χ3n) is 5.01. The van der Waals surface area contributed by atoms with E-state index in [1.165, 1.54) is 0 Å². The van der Waals surface area contributed by atoms with Crippen LogP contribution in [0.2, 0.25) is 0 Å². The molecule has 2 aromatic heterocycles. The fourth-order valence-corrected chi connectivity index (χ4v) is 5.42. The van der Waals surface area contributed by atoms with Gasteiger partial charge in [-0.05, 0) is 53.8 Å². The second-order valence-electron chi connectivity index (χ2n) is 7.85. The molecule has 0 saturated carbocycles. The van der Waals surface area contributed by atoms with Gasteiger partial charge >= 0.3 is 0 Å². The zero-order valence-corrected chi connectivity index (χ0v) is 17.9. The normalized spacial score (nSPS) is 18.9. The Morgan fingerprint density at radius 1 is 1.30 bits per heavy atom. The topological polar surface area (TPSA) is 76.3 Å². The highest BCUT2D eigenvalue weighted by atomic mass is 32.2. The molecular weight excluding hydrogens is 364 g/mol. The van der Waals surface area contributed by atoms with Crippen molar-refractivity contribution in [3.05, 3.63) is 29.3 Å². The summed E-state index contributed by atoms with van der Waals surface area (Å²) in [6.45, 7) is 7.01. The van der Waals surface area contributed by atoms with E-state index in [9.17, 15) is 8.42 Å². The molecule has 0 aliphatic carbocycles. The van der Waals surface area contributed by atoms with Crippen LogP contribution in [0.3, 0.4) is 0 Å². The molecule has 27 heavy (non-hydrogen) atoms. The Balaban J connectivity index is 1.94. The van der Waals surface area contributed by atoms with Crippen molar-refractivity contribution in [3.8, 4) is 0 Å². The zero-order valence-electron chi connectivity index (χ0n) is 17.0. The summed E-state index contributed by atoms with van der Waals surface area (Å²) in [4.78, 5) is 2.38. The van der Waals surface area contributed by atoms with E-state index in [1.807, 2.05) is 45.7 Å². The maximum Gasteiger partial charge on any atom is 0.247 e. The second kappa shape index (κ2) is 7.37. The molecule has 1 atom stereocenters. The van der Waals surface area contributed by atoms with Crippen molar-refractivity contribution in [2.75, 3.05) is 20.6 Å². The SMILES string of the molecule is Cc1nn(C(C)C)cc1S(=O)(=O)N1CCC[C@@H]1c1cc(CN(C)C)n(C)n1. The first-order chi connectivity index (χ1) is 12.6. The predicted molar refractivity (Wildman–Crippen MR) is 104 cm³/mol. The molecule has 150 valence electrons. The van der Waals surface area contributed by atoms with Crippen LogP contribution in [0, 0.1) is 6.92 Å². The molecule has 0 N–H and O–H groups in total. The molecule has 0 radical (unpaired) electrons. The van der Waals surface area contributed by atoms with Crippen LogP contribution in [0.4, 0.5) is 0 Å². The molecule has 1 aliphatic rings. The number of nitrogens with zero attached hydrogens (tertiary/aromatic N) is 6. The monoisotopic (exact) mass is 394 g/mol. The molecule has 0 spiro atoms. The van der Waals surface area contributed by atoms with Gasteiger partial charge < -0.3 is 4.90 Å². The van der Waals surface area contributed by atoms with E-state index in [-0.39, 0.29) is 12.1 Å². The van der Waals surface area contributed by atoms with Crippen LogP contribution < -0.4 is 0 Å². The maximum atomic E-state index is 13.4. The van der Waals surface area contributed by atoms with Crippen LogP contribution in [0.15, 0.2) is 17.2 Å². The minimum atomic E-state index is -3.62. The molecule has 8 nitrogen and oxygen atoms in total. The van der Waals surface area contributed by atoms with Crippen LogP contribution in [0.1, 0.15) is 55.9 Å². The smallest absolute Gasteiger partial charge is 0.247 e. The summed E-state index contributed by atoms with van der Waals surface area (Å²) in [6, 6.07) is 1.92. The van der Waals surface area contributed by atoms with E-state index in [2.05, 4.69) is 15.1 Å². The summed E-state index contributed by atoms with van der Waals surface area (Å²) in [7, 11) is 2.31. The highest BCUT2D eigenvalue weighted by molar-refractivity contribution is 7.89. The summed E-state index contributed by atoms with van der Waals surface area (Å²) in [5, 5.41) is 9.00. The molecule has 0 aromatic carbocycles. The van der Waals surface area contributed by atoms with Crippen LogP contribution in [0.5, 0.6) is 0 Å². The van der Waals surface area contributed by atoms with Gasteiger partial charge in [0.15, 0.2) is 0 Å². The van der Waals surface area contributed by atoms with E-state index in [0.29, 0.717) is 17.1 Å². The lowest BCUT2D eigenvalue weighted by Crippen LogP contribution is -2.31. The van der Waals surface area contributed by atoms with Gasteiger partial charge in [-0.25, -0.2) is 8.42 Å². The summed E-state index contributed by atoms with van der Waals surface area (Å²) in [5.74, 6) is 0. The molecule has 1 aliphatic heterocycles. The van der Waals surface area contributed by atoms with Crippen LogP contribution in [-0.4, -0.2) is 57.8 Å². The standard InChI is InChI=1S/C18H30N6O2S/c1-13(2)23-12-18(14(3)19-23)27(25,26)24-9-7-8-17(24)16-10-15(11-21(4)5)22(6)20-16/h10,12-13,17H,7-9,11H2,1-6H3/t17-/m1/s1. The van der Waals surface area contributed by atoms with Gasteiger partial charge in [0.1, 0.15) is 4.90 Å². The minimum absolute atomic E-state index is 0.117. The van der Waals surface area contributed by atoms with Gasteiger partial charge in [-0.2, -0.15) is 14.5 Å². The number of aryl methyl sites for hydroxylation is 2. The fourth-order valence-electron chi connectivity index (χ4n) is 3.60. The number of aromatic nitrogens is 4. The minimum Gasteiger partial charge on any atom is -0.304 e. The molecular formula is C18H30N6O2S. The third-order valence-corrected chi connectivity index (χ3v) is 7.02. The lowest BCUT2D eigenvalue weighted by molar-refractivity contribution is 0.384. The Morgan fingerprint density at radius 2 is 2.00 bits per heavy atom. The van der Waals surface area contributed by atoms with Crippen molar-refractivity contribution < 1.29 is 8.42 Å². The van der Waals surface area contributed by atoms with Gasteiger partial charge in [0.2, 0.25) is 10.0 Å². The molecule has 3 rings (SSSR count). The molecule has 0 amide bonds. The summed E-state index contributed by atoms with van der Waals surface area (Å²) in [5.41, 5.74) is 2.44.